The van der Waals surface area contributed by atoms with E-state index in [1.807, 2.05) is 0 Å². The van der Waals surface area contributed by atoms with Crippen molar-refractivity contribution >= 4 is 33.6 Å². The van der Waals surface area contributed by atoms with Gasteiger partial charge in [0, 0.05) is 13.6 Å². The monoisotopic (exact) mass is 331 g/mol. The molecule has 1 aromatic carbocycles. The topological polar surface area (TPSA) is 74.7 Å². The molecule has 1 aromatic rings. The highest BCUT2D eigenvalue weighted by Gasteiger charge is 2.19. The van der Waals surface area contributed by atoms with Crippen LogP contribution in [0.4, 0.5) is 4.39 Å². The van der Waals surface area contributed by atoms with Crippen molar-refractivity contribution in [3.8, 4) is 0 Å². The quantitative estimate of drug-likeness (QED) is 0.656. The van der Waals surface area contributed by atoms with Crippen molar-refractivity contribution in [3.05, 3.63) is 34.1 Å². The van der Waals surface area contributed by atoms with E-state index in [1.165, 1.54) is 30.1 Å². The number of hydrogen-bond donors (Lipinski definition) is 1. The van der Waals surface area contributed by atoms with Crippen LogP contribution < -0.4 is 0 Å². The Morgan fingerprint density at radius 1 is 1.37 bits per heavy atom. The third-order valence-corrected chi connectivity index (χ3v) is 2.99. The molecule has 0 bridgehead atoms. The number of ketones is 1. The highest BCUT2D eigenvalue weighted by molar-refractivity contribution is 9.10. The molecule has 1 amide bonds. The number of rotatable bonds is 5. The van der Waals surface area contributed by atoms with E-state index in [9.17, 15) is 18.8 Å². The summed E-state index contributed by atoms with van der Waals surface area (Å²) in [6, 6.07) is 4.27. The van der Waals surface area contributed by atoms with E-state index in [4.69, 9.17) is 5.11 Å². The summed E-state index contributed by atoms with van der Waals surface area (Å²) in [6.45, 7) is 0.157. The summed E-state index contributed by atoms with van der Waals surface area (Å²) >= 11 is 3.02. The molecule has 19 heavy (non-hydrogen) atoms. The van der Waals surface area contributed by atoms with E-state index >= 15 is 0 Å². The van der Waals surface area contributed by atoms with Gasteiger partial charge in [-0.15, -0.1) is 0 Å². The fourth-order valence-corrected chi connectivity index (χ4v) is 1.77. The van der Waals surface area contributed by atoms with E-state index < -0.39 is 29.9 Å². The van der Waals surface area contributed by atoms with Crippen LogP contribution in [0.15, 0.2) is 22.7 Å². The number of amides is 1. The second kappa shape index (κ2) is 6.42. The van der Waals surface area contributed by atoms with Gasteiger partial charge in [0.25, 0.3) is 0 Å². The van der Waals surface area contributed by atoms with Gasteiger partial charge < -0.3 is 10.0 Å². The molecule has 0 heterocycles. The zero-order chi connectivity index (χ0) is 14.6. The molecule has 7 heteroatoms. The Hall–Kier alpha value is -1.76. The van der Waals surface area contributed by atoms with Gasteiger partial charge in [-0.1, -0.05) is 6.07 Å². The number of carboxylic acids is 1. The summed E-state index contributed by atoms with van der Waals surface area (Å²) in [5.74, 6) is -3.81. The lowest BCUT2D eigenvalue weighted by Gasteiger charge is -2.16. The molecule has 0 atom stereocenters. The first-order chi connectivity index (χ1) is 8.81. The van der Waals surface area contributed by atoms with Gasteiger partial charge in [0.15, 0.2) is 0 Å². The Bertz CT molecular complexity index is 532. The van der Waals surface area contributed by atoms with Crippen LogP contribution in [-0.4, -0.2) is 34.7 Å². The van der Waals surface area contributed by atoms with Crippen molar-refractivity contribution in [3.63, 3.8) is 0 Å². The standard InChI is InChI=1S/C12H11BrFNO4/c1-15(11(17)5-10(16)12(18)19)6-7-2-3-9(14)8(13)4-7/h2-4H,5-6H2,1H3,(H,18,19). The van der Waals surface area contributed by atoms with Crippen molar-refractivity contribution in [2.75, 3.05) is 7.05 Å². The lowest BCUT2D eigenvalue weighted by molar-refractivity contribution is -0.151. The molecule has 0 saturated carbocycles. The molecule has 5 nitrogen and oxygen atoms in total. The van der Waals surface area contributed by atoms with E-state index in [1.54, 1.807) is 0 Å². The van der Waals surface area contributed by atoms with Crippen LogP contribution in [0, 0.1) is 5.82 Å². The van der Waals surface area contributed by atoms with Gasteiger partial charge in [-0.25, -0.2) is 9.18 Å². The Kier molecular flexibility index (Phi) is 5.17. The van der Waals surface area contributed by atoms with E-state index in [0.717, 1.165) is 0 Å². The maximum atomic E-state index is 13.0. The Balaban J connectivity index is 2.66. The average Bonchev–Trinajstić information content (AvgIpc) is 2.33. The zero-order valence-electron chi connectivity index (χ0n) is 10.0. The minimum atomic E-state index is -1.63. The molecular formula is C12H11BrFNO4. The number of carbonyl (C=O) groups excluding carboxylic acids is 2. The summed E-state index contributed by atoms with van der Waals surface area (Å²) in [6.07, 6.45) is -0.686. The van der Waals surface area contributed by atoms with Gasteiger partial charge in [0.1, 0.15) is 5.82 Å². The van der Waals surface area contributed by atoms with Crippen LogP contribution in [0.2, 0.25) is 0 Å². The van der Waals surface area contributed by atoms with Crippen molar-refractivity contribution in [2.45, 2.75) is 13.0 Å². The smallest absolute Gasteiger partial charge is 0.372 e. The summed E-state index contributed by atoms with van der Waals surface area (Å²) < 4.78 is 13.3. The third kappa shape index (κ3) is 4.44. The lowest BCUT2D eigenvalue weighted by atomic mass is 10.2. The van der Waals surface area contributed by atoms with Crippen molar-refractivity contribution in [2.24, 2.45) is 0 Å². The molecule has 0 saturated heterocycles. The lowest BCUT2D eigenvalue weighted by Crippen LogP contribution is -2.30. The molecule has 0 spiro atoms. The zero-order valence-corrected chi connectivity index (χ0v) is 11.6. The van der Waals surface area contributed by atoms with Crippen molar-refractivity contribution in [1.82, 2.24) is 4.90 Å². The minimum Gasteiger partial charge on any atom is -0.475 e. The summed E-state index contributed by atoms with van der Waals surface area (Å²) in [7, 11) is 1.44. The normalized spacial score (nSPS) is 10.1. The molecule has 0 aliphatic rings. The van der Waals surface area contributed by atoms with Crippen molar-refractivity contribution in [1.29, 1.82) is 0 Å². The number of Topliss-reactive ketones (excluding diaryl/α,β-unsaturated/α-hetero) is 1. The first-order valence-electron chi connectivity index (χ1n) is 5.25. The second-order valence-corrected chi connectivity index (χ2v) is 4.76. The third-order valence-electron chi connectivity index (χ3n) is 2.38. The Labute approximate surface area is 117 Å². The summed E-state index contributed by atoms with van der Waals surface area (Å²) in [5.41, 5.74) is 0.659. The van der Waals surface area contributed by atoms with Gasteiger partial charge in [0.05, 0.1) is 10.9 Å². The SMILES string of the molecule is CN(Cc1ccc(F)c(Br)c1)C(=O)CC(=O)C(=O)O. The largest absolute Gasteiger partial charge is 0.475 e. The number of aliphatic carboxylic acids is 1. The predicted octanol–water partition coefficient (Wildman–Crippen LogP) is 1.59. The molecule has 1 N–H and O–H groups in total. The molecule has 0 aliphatic carbocycles. The van der Waals surface area contributed by atoms with Gasteiger partial charge in [-0.3, -0.25) is 9.59 Å². The Morgan fingerprint density at radius 2 is 2.00 bits per heavy atom. The van der Waals surface area contributed by atoms with Crippen LogP contribution in [-0.2, 0) is 20.9 Å². The van der Waals surface area contributed by atoms with Gasteiger partial charge in [0.2, 0.25) is 11.7 Å². The number of nitrogens with zero attached hydrogens (tertiary/aromatic N) is 1. The fraction of sp³-hybridized carbons (Fsp3) is 0.250. The molecule has 1 rings (SSSR count). The molecule has 0 fully saturated rings. The molecule has 0 radical (unpaired) electrons. The second-order valence-electron chi connectivity index (χ2n) is 3.90. The van der Waals surface area contributed by atoms with E-state index in [2.05, 4.69) is 15.9 Å². The van der Waals surface area contributed by atoms with Crippen LogP contribution in [0.1, 0.15) is 12.0 Å². The predicted molar refractivity (Wildman–Crippen MR) is 67.8 cm³/mol. The number of hydrogen-bond acceptors (Lipinski definition) is 3. The Morgan fingerprint density at radius 3 is 2.53 bits per heavy atom. The number of benzene rings is 1. The van der Waals surface area contributed by atoms with Crippen LogP contribution >= 0.6 is 15.9 Å². The average molecular weight is 332 g/mol. The van der Waals surface area contributed by atoms with Crippen LogP contribution in [0.25, 0.3) is 0 Å². The first-order valence-corrected chi connectivity index (χ1v) is 6.04. The number of carboxylic acid groups (broad SMARTS) is 1. The highest BCUT2D eigenvalue weighted by Crippen LogP contribution is 2.17. The van der Waals surface area contributed by atoms with Gasteiger partial charge in [-0.05, 0) is 33.6 Å². The molecular weight excluding hydrogens is 321 g/mol. The maximum absolute atomic E-state index is 13.0. The van der Waals surface area contributed by atoms with E-state index in [-0.39, 0.29) is 11.0 Å². The molecule has 0 unspecified atom stereocenters. The fourth-order valence-electron chi connectivity index (χ4n) is 1.35. The van der Waals surface area contributed by atoms with Gasteiger partial charge in [-0.2, -0.15) is 0 Å². The number of halogens is 2. The molecule has 0 aromatic heterocycles. The van der Waals surface area contributed by atoms with E-state index in [0.29, 0.717) is 5.56 Å². The van der Waals surface area contributed by atoms with Crippen LogP contribution in [0.3, 0.4) is 0 Å². The number of carbonyl (C=O) groups is 3. The van der Waals surface area contributed by atoms with Crippen molar-refractivity contribution < 1.29 is 23.9 Å². The maximum Gasteiger partial charge on any atom is 0.372 e. The molecule has 102 valence electrons. The first kappa shape index (κ1) is 15.3. The minimum absolute atomic E-state index is 0.157. The summed E-state index contributed by atoms with van der Waals surface area (Å²) in [5, 5.41) is 8.40. The summed E-state index contributed by atoms with van der Waals surface area (Å²) in [4.78, 5) is 34.0. The molecule has 0 aliphatic heterocycles. The highest BCUT2D eigenvalue weighted by atomic mass is 79.9. The van der Waals surface area contributed by atoms with Crippen LogP contribution in [0.5, 0.6) is 0 Å². The van der Waals surface area contributed by atoms with Gasteiger partial charge >= 0.3 is 5.97 Å².